The summed E-state index contributed by atoms with van der Waals surface area (Å²) in [7, 11) is 0. The Hall–Kier alpha value is -2.55. The van der Waals surface area contributed by atoms with Crippen LogP contribution in [0, 0.1) is 5.92 Å². The molecule has 2 fully saturated rings. The van der Waals surface area contributed by atoms with Crippen LogP contribution in [0.5, 0.6) is 0 Å². The van der Waals surface area contributed by atoms with Crippen LogP contribution in [0.25, 0.3) is 0 Å². The molecule has 0 spiro atoms. The zero-order chi connectivity index (χ0) is 25.3. The van der Waals surface area contributed by atoms with Crippen molar-refractivity contribution in [3.05, 3.63) is 70.8 Å². The minimum absolute atomic E-state index is 0.00209. The van der Waals surface area contributed by atoms with Crippen LogP contribution in [-0.4, -0.2) is 18.5 Å². The Kier molecular flexibility index (Phi) is 7.18. The molecule has 0 unspecified atom stereocenters. The van der Waals surface area contributed by atoms with Gasteiger partial charge in [-0.2, -0.15) is 26.3 Å². The predicted molar refractivity (Wildman–Crippen MR) is 119 cm³/mol. The number of rotatable bonds is 7. The number of aryl methyl sites for hydroxylation is 1. The largest absolute Gasteiger partial charge is 0.416 e. The minimum Gasteiger partial charge on any atom is -0.352 e. The Labute approximate surface area is 200 Å². The van der Waals surface area contributed by atoms with E-state index in [2.05, 4.69) is 10.6 Å². The molecule has 2 N–H and O–H groups in total. The Balaban J connectivity index is 1.47. The van der Waals surface area contributed by atoms with E-state index in [1.54, 1.807) is 0 Å². The standard InChI is InChI=1S/C26H28F6N2O/c27-25(28,29)20-13-17(14-21(15-20)26(30,31)32)5-4-11-24(19-6-2-1-3-7-19)12-10-22(16-33-24)34-23(35)18-8-9-18/h1-3,6-7,13-15,18,22,33H,4-5,8-12,16H2,(H,34,35)/t22-,24-/m0/s1. The molecule has 0 aromatic heterocycles. The lowest BCUT2D eigenvalue weighted by Crippen LogP contribution is -2.55. The average molecular weight is 499 g/mol. The van der Waals surface area contributed by atoms with Crippen LogP contribution in [0.2, 0.25) is 0 Å². The first-order chi connectivity index (χ1) is 16.5. The van der Waals surface area contributed by atoms with Gasteiger partial charge in [0.2, 0.25) is 5.91 Å². The van der Waals surface area contributed by atoms with Crippen molar-refractivity contribution >= 4 is 5.91 Å². The fourth-order valence-corrected chi connectivity index (χ4v) is 4.84. The number of hydrogen-bond donors (Lipinski definition) is 2. The fourth-order valence-electron chi connectivity index (χ4n) is 4.84. The number of amides is 1. The van der Waals surface area contributed by atoms with Crippen molar-refractivity contribution in [3.63, 3.8) is 0 Å². The number of halogens is 6. The summed E-state index contributed by atoms with van der Waals surface area (Å²) in [6, 6.07) is 11.4. The van der Waals surface area contributed by atoms with Gasteiger partial charge in [0.15, 0.2) is 0 Å². The summed E-state index contributed by atoms with van der Waals surface area (Å²) >= 11 is 0. The summed E-state index contributed by atoms with van der Waals surface area (Å²) in [6.45, 7) is 0.551. The highest BCUT2D eigenvalue weighted by molar-refractivity contribution is 5.81. The lowest BCUT2D eigenvalue weighted by Gasteiger charge is -2.42. The number of carbonyl (C=O) groups is 1. The lowest BCUT2D eigenvalue weighted by molar-refractivity contribution is -0.143. The summed E-state index contributed by atoms with van der Waals surface area (Å²) in [4.78, 5) is 12.1. The van der Waals surface area contributed by atoms with Gasteiger partial charge in [-0.1, -0.05) is 30.3 Å². The van der Waals surface area contributed by atoms with Gasteiger partial charge < -0.3 is 10.6 Å². The second-order valence-electron chi connectivity index (χ2n) is 9.62. The molecule has 1 saturated heterocycles. The van der Waals surface area contributed by atoms with Gasteiger partial charge in [0.25, 0.3) is 0 Å². The highest BCUT2D eigenvalue weighted by atomic mass is 19.4. The molecular weight excluding hydrogens is 470 g/mol. The van der Waals surface area contributed by atoms with Crippen molar-refractivity contribution < 1.29 is 31.1 Å². The van der Waals surface area contributed by atoms with Gasteiger partial charge in [0, 0.05) is 24.0 Å². The molecule has 0 bridgehead atoms. The molecule has 0 radical (unpaired) electrons. The normalized spacial score (nSPS) is 23.2. The zero-order valence-electron chi connectivity index (χ0n) is 19.1. The number of piperidine rings is 1. The summed E-state index contributed by atoms with van der Waals surface area (Å²) in [6.07, 6.45) is -5.40. The molecule has 1 aliphatic carbocycles. The van der Waals surface area contributed by atoms with E-state index in [9.17, 15) is 31.1 Å². The first-order valence-electron chi connectivity index (χ1n) is 11.9. The molecule has 9 heteroatoms. The Bertz CT molecular complexity index is 990. The highest BCUT2D eigenvalue weighted by Gasteiger charge is 2.39. The molecular formula is C26H28F6N2O. The fraction of sp³-hybridized carbons (Fsp3) is 0.500. The molecule has 35 heavy (non-hydrogen) atoms. The number of hydrogen-bond acceptors (Lipinski definition) is 2. The zero-order valence-corrected chi connectivity index (χ0v) is 19.1. The second-order valence-corrected chi connectivity index (χ2v) is 9.62. The number of carbonyl (C=O) groups excluding carboxylic acids is 1. The third kappa shape index (κ3) is 6.37. The second kappa shape index (κ2) is 9.84. The topological polar surface area (TPSA) is 41.1 Å². The predicted octanol–water partition coefficient (Wildman–Crippen LogP) is 6.22. The molecule has 1 aliphatic heterocycles. The number of alkyl halides is 6. The SMILES string of the molecule is O=C(N[C@H]1CC[C@@](CCCc2cc(C(F)(F)F)cc(C(F)(F)F)c2)(c2ccccc2)NC1)C1CC1. The van der Waals surface area contributed by atoms with Crippen LogP contribution >= 0.6 is 0 Å². The third-order valence-electron chi connectivity index (χ3n) is 6.94. The monoisotopic (exact) mass is 498 g/mol. The number of nitrogens with one attached hydrogen (secondary N) is 2. The molecule has 1 saturated carbocycles. The Morgan fingerprint density at radius 3 is 2.09 bits per heavy atom. The summed E-state index contributed by atoms with van der Waals surface area (Å²) in [5, 5.41) is 6.62. The van der Waals surface area contributed by atoms with Crippen LogP contribution in [0.1, 0.15) is 60.8 Å². The van der Waals surface area contributed by atoms with Gasteiger partial charge in [-0.15, -0.1) is 0 Å². The van der Waals surface area contributed by atoms with Crippen LogP contribution in [0.4, 0.5) is 26.3 Å². The molecule has 2 aromatic rings. The van der Waals surface area contributed by atoms with Crippen molar-refractivity contribution in [3.8, 4) is 0 Å². The van der Waals surface area contributed by atoms with E-state index in [4.69, 9.17) is 0 Å². The van der Waals surface area contributed by atoms with E-state index in [0.29, 0.717) is 25.8 Å². The third-order valence-corrected chi connectivity index (χ3v) is 6.94. The van der Waals surface area contributed by atoms with E-state index in [1.807, 2.05) is 30.3 Å². The minimum atomic E-state index is -4.86. The van der Waals surface area contributed by atoms with Crippen molar-refractivity contribution in [1.82, 2.24) is 10.6 Å². The molecule has 4 rings (SSSR count). The highest BCUT2D eigenvalue weighted by Crippen LogP contribution is 2.38. The molecule has 2 aliphatic rings. The van der Waals surface area contributed by atoms with Crippen molar-refractivity contribution in [2.24, 2.45) is 5.92 Å². The summed E-state index contributed by atoms with van der Waals surface area (Å²) < 4.78 is 79.2. The van der Waals surface area contributed by atoms with Crippen LogP contribution < -0.4 is 10.6 Å². The average Bonchev–Trinajstić information content (AvgIpc) is 3.65. The van der Waals surface area contributed by atoms with Gasteiger partial charge in [0.1, 0.15) is 0 Å². The lowest BCUT2D eigenvalue weighted by atomic mass is 9.77. The van der Waals surface area contributed by atoms with E-state index < -0.39 is 29.0 Å². The molecule has 1 heterocycles. The van der Waals surface area contributed by atoms with Crippen molar-refractivity contribution in [2.75, 3.05) is 6.54 Å². The molecule has 1 amide bonds. The number of benzene rings is 2. The van der Waals surface area contributed by atoms with Gasteiger partial charge in [-0.3, -0.25) is 4.79 Å². The smallest absolute Gasteiger partial charge is 0.352 e. The first-order valence-corrected chi connectivity index (χ1v) is 11.9. The van der Waals surface area contributed by atoms with Crippen LogP contribution in [0.3, 0.4) is 0 Å². The van der Waals surface area contributed by atoms with Gasteiger partial charge in [-0.25, -0.2) is 0 Å². The quantitative estimate of drug-likeness (QED) is 0.445. The van der Waals surface area contributed by atoms with Crippen LogP contribution in [-0.2, 0) is 29.1 Å². The maximum atomic E-state index is 13.2. The van der Waals surface area contributed by atoms with Gasteiger partial charge in [-0.05, 0) is 74.3 Å². The Morgan fingerprint density at radius 1 is 0.943 bits per heavy atom. The van der Waals surface area contributed by atoms with E-state index >= 15 is 0 Å². The summed E-state index contributed by atoms with van der Waals surface area (Å²) in [5.41, 5.74) is -2.00. The van der Waals surface area contributed by atoms with E-state index in [0.717, 1.165) is 37.0 Å². The van der Waals surface area contributed by atoms with Gasteiger partial charge in [0.05, 0.1) is 11.1 Å². The summed E-state index contributed by atoms with van der Waals surface area (Å²) in [5.74, 6) is 0.193. The molecule has 2 aromatic carbocycles. The van der Waals surface area contributed by atoms with Gasteiger partial charge >= 0.3 is 12.4 Å². The van der Waals surface area contributed by atoms with Crippen molar-refractivity contribution in [2.45, 2.75) is 68.9 Å². The first kappa shape index (κ1) is 25.5. The molecule has 2 atom stereocenters. The molecule has 190 valence electrons. The maximum Gasteiger partial charge on any atom is 0.416 e. The van der Waals surface area contributed by atoms with E-state index in [1.165, 1.54) is 0 Å². The Morgan fingerprint density at radius 2 is 1.57 bits per heavy atom. The molecule has 3 nitrogen and oxygen atoms in total. The van der Waals surface area contributed by atoms with E-state index in [-0.39, 0.29) is 35.9 Å². The maximum absolute atomic E-state index is 13.2. The van der Waals surface area contributed by atoms with Crippen LogP contribution in [0.15, 0.2) is 48.5 Å². The van der Waals surface area contributed by atoms with Crippen molar-refractivity contribution in [1.29, 1.82) is 0 Å².